The predicted octanol–water partition coefficient (Wildman–Crippen LogP) is 3.20. The number of hydrogen-bond donors (Lipinski definition) is 2. The van der Waals surface area contributed by atoms with Crippen molar-refractivity contribution in [2.45, 2.75) is 6.92 Å². The summed E-state index contributed by atoms with van der Waals surface area (Å²) in [6.45, 7) is 1.41. The molecule has 0 fully saturated rings. The van der Waals surface area contributed by atoms with Gasteiger partial charge in [-0.3, -0.25) is 9.59 Å². The van der Waals surface area contributed by atoms with E-state index in [1.165, 1.54) is 6.92 Å². The minimum absolute atomic E-state index is 0.210. The van der Waals surface area contributed by atoms with Gasteiger partial charge in [0, 0.05) is 17.9 Å². The first-order valence-electron chi connectivity index (χ1n) is 6.61. The van der Waals surface area contributed by atoms with Crippen LogP contribution in [-0.2, 0) is 4.79 Å². The molecule has 6 heteroatoms. The molecule has 2 aromatic carbocycles. The molecule has 1 amide bonds. The summed E-state index contributed by atoms with van der Waals surface area (Å²) < 4.78 is 0. The summed E-state index contributed by atoms with van der Waals surface area (Å²) in [4.78, 5) is 23.1. The fourth-order valence-electron chi connectivity index (χ4n) is 2.29. The SMILES string of the molecule is CC(=O)Nc1cc(-c2n[nH]c(=O)c3ccccc23)ccc1Cl. The van der Waals surface area contributed by atoms with Gasteiger partial charge in [-0.1, -0.05) is 35.9 Å². The smallest absolute Gasteiger partial charge is 0.272 e. The topological polar surface area (TPSA) is 74.8 Å². The number of amides is 1. The van der Waals surface area contributed by atoms with Crippen molar-refractivity contribution in [2.75, 3.05) is 5.32 Å². The molecular formula is C16H12ClN3O2. The van der Waals surface area contributed by atoms with Gasteiger partial charge in [-0.15, -0.1) is 0 Å². The summed E-state index contributed by atoms with van der Waals surface area (Å²) in [7, 11) is 0. The molecule has 110 valence electrons. The van der Waals surface area contributed by atoms with E-state index in [0.717, 1.165) is 10.9 Å². The molecular weight excluding hydrogens is 302 g/mol. The molecule has 0 spiro atoms. The second-order valence-corrected chi connectivity index (χ2v) is 5.23. The second-order valence-electron chi connectivity index (χ2n) is 4.82. The quantitative estimate of drug-likeness (QED) is 0.763. The highest BCUT2D eigenvalue weighted by atomic mass is 35.5. The summed E-state index contributed by atoms with van der Waals surface area (Å²) in [5, 5.41) is 11.0. The number of H-pyrrole nitrogens is 1. The number of benzene rings is 2. The molecule has 0 aliphatic heterocycles. The van der Waals surface area contributed by atoms with Gasteiger partial charge in [0.05, 0.1) is 21.8 Å². The number of carbonyl (C=O) groups excluding carboxylic acids is 1. The van der Waals surface area contributed by atoms with Gasteiger partial charge in [-0.05, 0) is 18.2 Å². The largest absolute Gasteiger partial charge is 0.325 e. The molecule has 3 aromatic rings. The monoisotopic (exact) mass is 313 g/mol. The van der Waals surface area contributed by atoms with Crippen molar-refractivity contribution in [1.29, 1.82) is 0 Å². The third-order valence-corrected chi connectivity index (χ3v) is 3.58. The molecule has 2 N–H and O–H groups in total. The number of fused-ring (bicyclic) bond motifs is 1. The minimum Gasteiger partial charge on any atom is -0.325 e. The fraction of sp³-hybridized carbons (Fsp3) is 0.0625. The minimum atomic E-state index is -0.240. The van der Waals surface area contributed by atoms with Gasteiger partial charge in [-0.2, -0.15) is 5.10 Å². The van der Waals surface area contributed by atoms with E-state index in [4.69, 9.17) is 11.6 Å². The van der Waals surface area contributed by atoms with Crippen LogP contribution in [0.5, 0.6) is 0 Å². The van der Waals surface area contributed by atoms with E-state index in [-0.39, 0.29) is 11.5 Å². The maximum atomic E-state index is 11.8. The van der Waals surface area contributed by atoms with Crippen LogP contribution in [0.3, 0.4) is 0 Å². The van der Waals surface area contributed by atoms with Crippen LogP contribution in [-0.4, -0.2) is 16.1 Å². The standard InChI is InChI=1S/C16H12ClN3O2/c1-9(21)18-14-8-10(6-7-13(14)17)15-11-4-2-3-5-12(11)16(22)20-19-15/h2-8H,1H3,(H,18,21)(H,20,22). The lowest BCUT2D eigenvalue weighted by atomic mass is 10.0. The van der Waals surface area contributed by atoms with Gasteiger partial charge in [0.2, 0.25) is 5.91 Å². The zero-order valence-corrected chi connectivity index (χ0v) is 12.4. The number of rotatable bonds is 2. The number of aromatic amines is 1. The molecule has 1 aromatic heterocycles. The lowest BCUT2D eigenvalue weighted by Gasteiger charge is -2.09. The summed E-state index contributed by atoms with van der Waals surface area (Å²) in [5.41, 5.74) is 1.64. The third-order valence-electron chi connectivity index (χ3n) is 3.25. The molecule has 0 radical (unpaired) electrons. The fourth-order valence-corrected chi connectivity index (χ4v) is 2.46. The maximum absolute atomic E-state index is 11.8. The summed E-state index contributed by atoms with van der Waals surface area (Å²) in [6.07, 6.45) is 0. The molecule has 0 atom stereocenters. The van der Waals surface area contributed by atoms with E-state index in [0.29, 0.717) is 21.8 Å². The van der Waals surface area contributed by atoms with Crippen LogP contribution in [0.2, 0.25) is 5.02 Å². The lowest BCUT2D eigenvalue weighted by molar-refractivity contribution is -0.114. The molecule has 0 aliphatic carbocycles. The molecule has 5 nitrogen and oxygen atoms in total. The van der Waals surface area contributed by atoms with Crippen molar-refractivity contribution in [1.82, 2.24) is 10.2 Å². The highest BCUT2D eigenvalue weighted by Gasteiger charge is 2.11. The second kappa shape index (κ2) is 5.61. The molecule has 1 heterocycles. The Morgan fingerprint density at radius 3 is 2.64 bits per heavy atom. The Morgan fingerprint density at radius 1 is 1.18 bits per heavy atom. The zero-order valence-electron chi connectivity index (χ0n) is 11.7. The first-order valence-corrected chi connectivity index (χ1v) is 6.99. The molecule has 0 aliphatic rings. The van der Waals surface area contributed by atoms with Crippen molar-refractivity contribution in [2.24, 2.45) is 0 Å². The van der Waals surface area contributed by atoms with E-state index >= 15 is 0 Å². The van der Waals surface area contributed by atoms with E-state index < -0.39 is 0 Å². The number of nitrogens with one attached hydrogen (secondary N) is 2. The molecule has 0 saturated heterocycles. The van der Waals surface area contributed by atoms with Gasteiger partial charge in [0.25, 0.3) is 5.56 Å². The summed E-state index contributed by atoms with van der Waals surface area (Å²) >= 11 is 6.08. The molecule has 0 unspecified atom stereocenters. The van der Waals surface area contributed by atoms with E-state index in [1.54, 1.807) is 30.3 Å². The van der Waals surface area contributed by atoms with Crippen LogP contribution >= 0.6 is 11.6 Å². The highest BCUT2D eigenvalue weighted by molar-refractivity contribution is 6.33. The van der Waals surface area contributed by atoms with Crippen molar-refractivity contribution in [3.8, 4) is 11.3 Å². The van der Waals surface area contributed by atoms with Gasteiger partial charge >= 0.3 is 0 Å². The van der Waals surface area contributed by atoms with Crippen LogP contribution in [0, 0.1) is 0 Å². The Bertz CT molecular complexity index is 934. The molecule has 0 bridgehead atoms. The first-order chi connectivity index (χ1) is 10.6. The van der Waals surface area contributed by atoms with Crippen LogP contribution in [0.1, 0.15) is 6.92 Å². The zero-order chi connectivity index (χ0) is 15.7. The van der Waals surface area contributed by atoms with Crippen LogP contribution in [0.25, 0.3) is 22.0 Å². The van der Waals surface area contributed by atoms with Gasteiger partial charge in [0.15, 0.2) is 0 Å². The van der Waals surface area contributed by atoms with Crippen LogP contribution in [0.4, 0.5) is 5.69 Å². The number of anilines is 1. The average Bonchev–Trinajstić information content (AvgIpc) is 2.50. The normalized spacial score (nSPS) is 10.6. The Hall–Kier alpha value is -2.66. The molecule has 3 rings (SSSR count). The van der Waals surface area contributed by atoms with Crippen molar-refractivity contribution < 1.29 is 4.79 Å². The Labute approximate surface area is 130 Å². The van der Waals surface area contributed by atoms with Crippen molar-refractivity contribution >= 4 is 34.0 Å². The third kappa shape index (κ3) is 2.58. The maximum Gasteiger partial charge on any atom is 0.272 e. The predicted molar refractivity (Wildman–Crippen MR) is 87.1 cm³/mol. The Kier molecular flexibility index (Phi) is 3.65. The van der Waals surface area contributed by atoms with Gasteiger partial charge in [-0.25, -0.2) is 5.10 Å². The van der Waals surface area contributed by atoms with Crippen LogP contribution in [0.15, 0.2) is 47.3 Å². The van der Waals surface area contributed by atoms with Crippen molar-refractivity contribution in [3.05, 3.63) is 57.8 Å². The van der Waals surface area contributed by atoms with E-state index in [2.05, 4.69) is 15.5 Å². The Morgan fingerprint density at radius 2 is 1.91 bits per heavy atom. The number of nitrogens with zero attached hydrogens (tertiary/aromatic N) is 1. The van der Waals surface area contributed by atoms with E-state index in [9.17, 15) is 9.59 Å². The van der Waals surface area contributed by atoms with E-state index in [1.807, 2.05) is 12.1 Å². The number of aromatic nitrogens is 2. The highest BCUT2D eigenvalue weighted by Crippen LogP contribution is 2.30. The lowest BCUT2D eigenvalue weighted by Crippen LogP contribution is -2.09. The average molecular weight is 314 g/mol. The van der Waals surface area contributed by atoms with Crippen LogP contribution < -0.4 is 10.9 Å². The number of carbonyl (C=O) groups is 1. The number of hydrogen-bond acceptors (Lipinski definition) is 3. The molecule has 22 heavy (non-hydrogen) atoms. The first kappa shape index (κ1) is 14.3. The summed E-state index contributed by atoms with van der Waals surface area (Å²) in [5.74, 6) is -0.210. The van der Waals surface area contributed by atoms with Crippen molar-refractivity contribution in [3.63, 3.8) is 0 Å². The molecule has 0 saturated carbocycles. The Balaban J connectivity index is 2.22. The number of halogens is 1. The van der Waals surface area contributed by atoms with Gasteiger partial charge in [0.1, 0.15) is 0 Å². The van der Waals surface area contributed by atoms with Gasteiger partial charge < -0.3 is 5.32 Å². The summed E-state index contributed by atoms with van der Waals surface area (Å²) in [6, 6.07) is 12.4.